The molecule has 0 bridgehead atoms. The summed E-state index contributed by atoms with van der Waals surface area (Å²) < 4.78 is 19.0. The number of halogens is 1. The smallest absolute Gasteiger partial charge is 0.306 e. The van der Waals surface area contributed by atoms with E-state index in [1.54, 1.807) is 24.3 Å². The Morgan fingerprint density at radius 3 is 2.85 bits per heavy atom. The maximum atomic E-state index is 13.4. The van der Waals surface area contributed by atoms with Gasteiger partial charge in [0.15, 0.2) is 0 Å². The summed E-state index contributed by atoms with van der Waals surface area (Å²) in [5.41, 5.74) is 0.515. The Balaban J connectivity index is 1.70. The van der Waals surface area contributed by atoms with E-state index in [9.17, 15) is 19.3 Å². The molecule has 0 saturated carbocycles. The Hall–Kier alpha value is -3.33. The Morgan fingerprint density at radius 2 is 2.15 bits per heavy atom. The number of benzene rings is 2. The fourth-order valence-electron chi connectivity index (χ4n) is 2.29. The van der Waals surface area contributed by atoms with Gasteiger partial charge in [-0.2, -0.15) is 4.39 Å². The molecule has 1 amide bonds. The lowest BCUT2D eigenvalue weighted by Crippen LogP contribution is -2.12. The fourth-order valence-corrected chi connectivity index (χ4v) is 2.89. The molecule has 3 rings (SSSR count). The molecular weight excluding hydrogens is 373 g/mol. The highest BCUT2D eigenvalue weighted by atomic mass is 32.1. The fraction of sp³-hybridized carbons (Fsp3) is 0.111. The van der Waals surface area contributed by atoms with Gasteiger partial charge in [-0.1, -0.05) is 6.07 Å². The summed E-state index contributed by atoms with van der Waals surface area (Å²) in [6, 6.07) is 9.65. The van der Waals surface area contributed by atoms with Crippen LogP contribution in [0.4, 0.5) is 15.8 Å². The zero-order valence-corrected chi connectivity index (χ0v) is 15.0. The normalized spacial score (nSPS) is 10.4. The summed E-state index contributed by atoms with van der Waals surface area (Å²) >= 11 is 1.52. The summed E-state index contributed by atoms with van der Waals surface area (Å²) in [5, 5.41) is 16.1. The monoisotopic (exact) mass is 387 g/mol. The number of hydrogen-bond acceptors (Lipinski definition) is 6. The summed E-state index contributed by atoms with van der Waals surface area (Å²) in [5.74, 6) is -0.977. The third-order valence-corrected chi connectivity index (χ3v) is 4.37. The highest BCUT2D eigenvalue weighted by molar-refractivity contribution is 7.09. The van der Waals surface area contributed by atoms with Crippen LogP contribution in [0, 0.1) is 22.9 Å². The molecule has 1 heterocycles. The Morgan fingerprint density at radius 1 is 1.33 bits per heavy atom. The van der Waals surface area contributed by atoms with Crippen LogP contribution in [0.15, 0.2) is 47.8 Å². The summed E-state index contributed by atoms with van der Waals surface area (Å²) in [6.07, 6.45) is 0. The van der Waals surface area contributed by atoms with Crippen molar-refractivity contribution in [2.45, 2.75) is 13.5 Å². The molecule has 2 aromatic carbocycles. The summed E-state index contributed by atoms with van der Waals surface area (Å²) in [7, 11) is 0. The van der Waals surface area contributed by atoms with Crippen LogP contribution in [0.1, 0.15) is 21.1 Å². The Kier molecular flexibility index (Phi) is 5.41. The predicted molar refractivity (Wildman–Crippen MR) is 98.6 cm³/mol. The van der Waals surface area contributed by atoms with Gasteiger partial charge in [-0.3, -0.25) is 14.9 Å². The van der Waals surface area contributed by atoms with Gasteiger partial charge in [-0.05, 0) is 37.3 Å². The average molecular weight is 387 g/mol. The number of anilines is 1. The first kappa shape index (κ1) is 18.5. The summed E-state index contributed by atoms with van der Waals surface area (Å²) in [6.45, 7) is 2.18. The largest absolute Gasteiger partial charge is 0.487 e. The van der Waals surface area contributed by atoms with Gasteiger partial charge in [0, 0.05) is 22.7 Å². The molecule has 1 aromatic heterocycles. The number of nitrogens with one attached hydrogen (secondary N) is 1. The van der Waals surface area contributed by atoms with Gasteiger partial charge < -0.3 is 10.1 Å². The molecular formula is C18H14FN3O4S. The molecule has 0 aliphatic carbocycles. The number of ether oxygens (including phenoxy) is 1. The third kappa shape index (κ3) is 4.64. The van der Waals surface area contributed by atoms with Crippen LogP contribution in [0.25, 0.3) is 0 Å². The van der Waals surface area contributed by atoms with Crippen LogP contribution in [-0.4, -0.2) is 15.8 Å². The molecule has 0 saturated heterocycles. The first-order valence-electron chi connectivity index (χ1n) is 7.81. The number of carbonyl (C=O) groups excluding carboxylic acids is 1. The molecule has 0 aliphatic heterocycles. The molecule has 0 aliphatic rings. The van der Waals surface area contributed by atoms with Crippen molar-refractivity contribution in [2.75, 3.05) is 5.32 Å². The van der Waals surface area contributed by atoms with Gasteiger partial charge in [0.05, 0.1) is 15.6 Å². The molecule has 1 N–H and O–H groups in total. The predicted octanol–water partition coefficient (Wildman–Crippen LogP) is 4.33. The highest BCUT2D eigenvalue weighted by Crippen LogP contribution is 2.23. The lowest BCUT2D eigenvalue weighted by atomic mass is 10.2. The second kappa shape index (κ2) is 7.92. The van der Waals surface area contributed by atoms with Crippen LogP contribution in [0.3, 0.4) is 0 Å². The lowest BCUT2D eigenvalue weighted by molar-refractivity contribution is -0.387. The lowest BCUT2D eigenvalue weighted by Gasteiger charge is -2.08. The number of amides is 1. The first-order valence-corrected chi connectivity index (χ1v) is 8.69. The first-order chi connectivity index (χ1) is 12.9. The number of thiazole rings is 1. The van der Waals surface area contributed by atoms with Gasteiger partial charge in [-0.15, -0.1) is 11.3 Å². The topological polar surface area (TPSA) is 94.4 Å². The van der Waals surface area contributed by atoms with Crippen molar-refractivity contribution < 1.29 is 18.8 Å². The minimum atomic E-state index is -0.967. The average Bonchev–Trinajstić information content (AvgIpc) is 3.07. The SMILES string of the molecule is Cc1nc(COc2cccc(C(=O)Nc3ccc(F)c([N+](=O)[O-])c3)c2)cs1. The second-order valence-electron chi connectivity index (χ2n) is 5.55. The molecule has 27 heavy (non-hydrogen) atoms. The number of aryl methyl sites for hydroxylation is 1. The third-order valence-electron chi connectivity index (χ3n) is 3.55. The van der Waals surface area contributed by atoms with Crippen molar-refractivity contribution in [3.8, 4) is 5.75 Å². The van der Waals surface area contributed by atoms with Crippen molar-refractivity contribution in [1.29, 1.82) is 0 Å². The molecule has 138 valence electrons. The number of hydrogen-bond donors (Lipinski definition) is 1. The summed E-state index contributed by atoms with van der Waals surface area (Å²) in [4.78, 5) is 26.6. The van der Waals surface area contributed by atoms with E-state index in [4.69, 9.17) is 4.74 Å². The number of nitrogens with zero attached hydrogens (tertiary/aromatic N) is 2. The zero-order chi connectivity index (χ0) is 19.4. The number of carbonyl (C=O) groups is 1. The van der Waals surface area contributed by atoms with E-state index in [-0.39, 0.29) is 12.3 Å². The Bertz CT molecular complexity index is 1010. The van der Waals surface area contributed by atoms with Crippen molar-refractivity contribution in [3.63, 3.8) is 0 Å². The molecule has 0 fully saturated rings. The van der Waals surface area contributed by atoms with E-state index < -0.39 is 22.3 Å². The number of nitro groups is 1. The van der Waals surface area contributed by atoms with Crippen molar-refractivity contribution in [3.05, 3.63) is 80.0 Å². The molecule has 7 nitrogen and oxygen atoms in total. The van der Waals surface area contributed by atoms with Crippen LogP contribution in [-0.2, 0) is 6.61 Å². The molecule has 9 heteroatoms. The van der Waals surface area contributed by atoms with Crippen molar-refractivity contribution in [2.24, 2.45) is 0 Å². The van der Waals surface area contributed by atoms with E-state index in [1.807, 2.05) is 12.3 Å². The highest BCUT2D eigenvalue weighted by Gasteiger charge is 2.16. The van der Waals surface area contributed by atoms with E-state index in [0.717, 1.165) is 22.8 Å². The van der Waals surface area contributed by atoms with E-state index >= 15 is 0 Å². The molecule has 0 spiro atoms. The van der Waals surface area contributed by atoms with Gasteiger partial charge in [0.2, 0.25) is 5.82 Å². The quantitative estimate of drug-likeness (QED) is 0.502. The van der Waals surface area contributed by atoms with Crippen LogP contribution in [0.2, 0.25) is 0 Å². The molecule has 3 aromatic rings. The van der Waals surface area contributed by atoms with Crippen LogP contribution < -0.4 is 10.1 Å². The van der Waals surface area contributed by atoms with E-state index in [1.165, 1.54) is 17.4 Å². The van der Waals surface area contributed by atoms with Crippen molar-refractivity contribution >= 4 is 28.6 Å². The number of rotatable bonds is 6. The maximum Gasteiger partial charge on any atom is 0.306 e. The molecule has 0 radical (unpaired) electrons. The molecule has 0 atom stereocenters. The maximum absolute atomic E-state index is 13.4. The Labute approximate surface area is 157 Å². The number of nitro benzene ring substituents is 1. The van der Waals surface area contributed by atoms with E-state index in [2.05, 4.69) is 10.3 Å². The van der Waals surface area contributed by atoms with Gasteiger partial charge >= 0.3 is 5.69 Å². The van der Waals surface area contributed by atoms with E-state index in [0.29, 0.717) is 11.3 Å². The molecule has 0 unspecified atom stereocenters. The van der Waals surface area contributed by atoms with Crippen LogP contribution >= 0.6 is 11.3 Å². The van der Waals surface area contributed by atoms with Gasteiger partial charge in [-0.25, -0.2) is 4.98 Å². The standard InChI is InChI=1S/C18H14FN3O4S/c1-11-20-14(10-27-11)9-26-15-4-2-3-12(7-15)18(23)21-13-5-6-16(19)17(8-13)22(24)25/h2-8,10H,9H2,1H3,(H,21,23). The number of aromatic nitrogens is 1. The van der Waals surface area contributed by atoms with Crippen molar-refractivity contribution in [1.82, 2.24) is 4.98 Å². The zero-order valence-electron chi connectivity index (χ0n) is 14.1. The van der Waals surface area contributed by atoms with Crippen LogP contribution in [0.5, 0.6) is 5.75 Å². The van der Waals surface area contributed by atoms with Gasteiger partial charge in [0.1, 0.15) is 12.4 Å². The minimum absolute atomic E-state index is 0.123. The second-order valence-corrected chi connectivity index (χ2v) is 6.61. The minimum Gasteiger partial charge on any atom is -0.487 e. The van der Waals surface area contributed by atoms with Gasteiger partial charge in [0.25, 0.3) is 5.91 Å².